The molecule has 1 aliphatic rings. The quantitative estimate of drug-likeness (QED) is 0.0409. The fourth-order valence-corrected chi connectivity index (χ4v) is 7.89. The van der Waals surface area contributed by atoms with Gasteiger partial charge in [-0.3, -0.25) is 19.3 Å². The van der Waals surface area contributed by atoms with Crippen molar-refractivity contribution in [3.8, 4) is 5.75 Å². The number of benzene rings is 1. The molecule has 0 bridgehead atoms. The van der Waals surface area contributed by atoms with Crippen molar-refractivity contribution in [3.05, 3.63) is 42.0 Å². The van der Waals surface area contributed by atoms with Gasteiger partial charge in [-0.15, -0.1) is 0 Å². The first-order valence-electron chi connectivity index (χ1n) is 24.2. The zero-order valence-corrected chi connectivity index (χ0v) is 38.6. The summed E-state index contributed by atoms with van der Waals surface area (Å²) in [6.45, 7) is 13.1. The fourth-order valence-electron chi connectivity index (χ4n) is 7.89. The number of allylic oxidation sites excluding steroid dienone is 2. The van der Waals surface area contributed by atoms with E-state index in [-0.39, 0.29) is 17.8 Å². The smallest absolute Gasteiger partial charge is 0.305 e. The van der Waals surface area contributed by atoms with Crippen LogP contribution < -0.4 is 10.1 Å². The average Bonchev–Trinajstić information content (AvgIpc) is 3.25. The summed E-state index contributed by atoms with van der Waals surface area (Å²) >= 11 is 0. The first-order chi connectivity index (χ1) is 28.8. The Bertz CT molecular complexity index is 1230. The zero-order chi connectivity index (χ0) is 42.8. The van der Waals surface area contributed by atoms with Gasteiger partial charge in [0.15, 0.2) is 0 Å². The summed E-state index contributed by atoms with van der Waals surface area (Å²) in [7, 11) is 3.83. The number of nitrogens with zero attached hydrogens (tertiary/aromatic N) is 3. The maximum Gasteiger partial charge on any atom is 0.305 e. The number of amides is 2. The van der Waals surface area contributed by atoms with E-state index < -0.39 is 6.04 Å². The van der Waals surface area contributed by atoms with Crippen molar-refractivity contribution in [2.24, 2.45) is 5.92 Å². The molecule has 338 valence electrons. The van der Waals surface area contributed by atoms with E-state index in [1.807, 2.05) is 29.2 Å². The van der Waals surface area contributed by atoms with Crippen molar-refractivity contribution in [2.45, 2.75) is 181 Å². The molecule has 1 aromatic rings. The molecule has 0 aliphatic carbocycles. The maximum atomic E-state index is 14.1. The van der Waals surface area contributed by atoms with Gasteiger partial charge in [0, 0.05) is 58.7 Å². The highest BCUT2D eigenvalue weighted by Gasteiger charge is 2.30. The van der Waals surface area contributed by atoms with Crippen LogP contribution in [-0.2, 0) is 25.5 Å². The van der Waals surface area contributed by atoms with Crippen LogP contribution in [0.1, 0.15) is 174 Å². The molecule has 2 amide bonds. The van der Waals surface area contributed by atoms with Crippen LogP contribution >= 0.6 is 0 Å². The lowest BCUT2D eigenvalue weighted by Gasteiger charge is -2.36. The van der Waals surface area contributed by atoms with Crippen LogP contribution in [0, 0.1) is 5.92 Å². The Morgan fingerprint density at radius 1 is 0.746 bits per heavy atom. The monoisotopic (exact) mass is 825 g/mol. The van der Waals surface area contributed by atoms with Gasteiger partial charge >= 0.3 is 5.97 Å². The molecule has 2 unspecified atom stereocenters. The predicted octanol–water partition coefficient (Wildman–Crippen LogP) is 10.5. The Hall–Kier alpha value is -2.91. The summed E-state index contributed by atoms with van der Waals surface area (Å²) in [6.07, 6.45) is 29.2. The van der Waals surface area contributed by atoms with Gasteiger partial charge in [0.1, 0.15) is 11.8 Å². The predicted molar refractivity (Wildman–Crippen MR) is 246 cm³/mol. The summed E-state index contributed by atoms with van der Waals surface area (Å²) in [5, 5.41) is 3.23. The molecule has 1 heterocycles. The van der Waals surface area contributed by atoms with Crippen LogP contribution in [0.3, 0.4) is 0 Å². The number of likely N-dealkylation sites (N-methyl/N-ethyl adjacent to an activating group) is 1. The maximum absolute atomic E-state index is 14.1. The van der Waals surface area contributed by atoms with Crippen LogP contribution in [0.15, 0.2) is 36.4 Å². The minimum atomic E-state index is -0.467. The Balaban J connectivity index is 1.95. The summed E-state index contributed by atoms with van der Waals surface area (Å²) in [4.78, 5) is 47.3. The molecule has 2 atom stereocenters. The highest BCUT2D eigenvalue weighted by atomic mass is 16.5. The first-order valence-corrected chi connectivity index (χ1v) is 24.2. The Kier molecular flexibility index (Phi) is 30.8. The van der Waals surface area contributed by atoms with Crippen LogP contribution in [0.25, 0.3) is 0 Å². The second kappa shape index (κ2) is 34.8. The van der Waals surface area contributed by atoms with Gasteiger partial charge in [-0.25, -0.2) is 0 Å². The van der Waals surface area contributed by atoms with E-state index in [0.717, 1.165) is 108 Å². The molecular weight excluding hydrogens is 737 g/mol. The third-order valence-corrected chi connectivity index (χ3v) is 12.2. The van der Waals surface area contributed by atoms with Crippen molar-refractivity contribution >= 4 is 17.8 Å². The van der Waals surface area contributed by atoms with Gasteiger partial charge in [-0.05, 0) is 82.0 Å². The zero-order valence-electron chi connectivity index (χ0n) is 38.6. The van der Waals surface area contributed by atoms with Gasteiger partial charge in [0.2, 0.25) is 11.8 Å². The topological polar surface area (TPSA) is 91.4 Å². The molecule has 1 saturated heterocycles. The number of hydrogen-bond donors (Lipinski definition) is 1. The molecule has 1 N–H and O–H groups in total. The third-order valence-electron chi connectivity index (χ3n) is 12.2. The van der Waals surface area contributed by atoms with E-state index in [9.17, 15) is 14.4 Å². The first kappa shape index (κ1) is 52.2. The highest BCUT2D eigenvalue weighted by Crippen LogP contribution is 2.19. The van der Waals surface area contributed by atoms with Crippen molar-refractivity contribution in [1.82, 2.24) is 20.0 Å². The Morgan fingerprint density at radius 2 is 1.36 bits per heavy atom. The van der Waals surface area contributed by atoms with Crippen molar-refractivity contribution < 1.29 is 23.9 Å². The Labute approximate surface area is 361 Å². The molecule has 0 radical (unpaired) electrons. The summed E-state index contributed by atoms with van der Waals surface area (Å²) < 4.78 is 10.9. The lowest BCUT2D eigenvalue weighted by atomic mass is 10.0. The van der Waals surface area contributed by atoms with E-state index in [1.165, 1.54) is 70.6 Å². The van der Waals surface area contributed by atoms with Gasteiger partial charge < -0.3 is 24.6 Å². The van der Waals surface area contributed by atoms with Crippen LogP contribution in [-0.4, -0.2) is 105 Å². The molecule has 0 saturated carbocycles. The standard InChI is InChI=1S/C50H88N4O5/c1-6-9-11-12-13-14-15-16-17-18-19-21-24-28-47(50(57)51-36-35-45-31-33-46(58-5)34-32-45)54(42-41-53-39-37-52(4)38-40-53)48(55)29-25-22-20-23-26-30-49(56)59-43-44(8-3)27-10-7-2/h12-13,31-34,44,47H,6-11,14-30,35-43H2,1-5H3,(H,51,57)/b13-12-. The van der Waals surface area contributed by atoms with E-state index >= 15 is 0 Å². The number of methoxy groups -OCH3 is 1. The summed E-state index contributed by atoms with van der Waals surface area (Å²) in [5.41, 5.74) is 1.14. The second-order valence-corrected chi connectivity index (χ2v) is 17.2. The number of nitrogens with one attached hydrogen (secondary N) is 1. The molecule has 2 rings (SSSR count). The van der Waals surface area contributed by atoms with Gasteiger partial charge in [0.25, 0.3) is 0 Å². The summed E-state index contributed by atoms with van der Waals surface area (Å²) in [6, 6.07) is 7.53. The minimum absolute atomic E-state index is 0.0280. The normalized spacial score (nSPS) is 14.7. The number of unbranched alkanes of at least 4 members (excludes halogenated alkanes) is 14. The van der Waals surface area contributed by atoms with Crippen LogP contribution in [0.4, 0.5) is 0 Å². The van der Waals surface area contributed by atoms with Gasteiger partial charge in [-0.2, -0.15) is 0 Å². The highest BCUT2D eigenvalue weighted by molar-refractivity contribution is 5.87. The molecular formula is C50H88N4O5. The fraction of sp³-hybridized carbons (Fsp3) is 0.780. The molecule has 1 aliphatic heterocycles. The summed E-state index contributed by atoms with van der Waals surface area (Å²) in [5.74, 6) is 1.27. The number of esters is 1. The van der Waals surface area contributed by atoms with Crippen LogP contribution in [0.2, 0.25) is 0 Å². The molecule has 0 spiro atoms. The number of rotatable bonds is 36. The van der Waals surface area contributed by atoms with Crippen molar-refractivity contribution in [1.29, 1.82) is 0 Å². The van der Waals surface area contributed by atoms with Crippen LogP contribution in [0.5, 0.6) is 5.75 Å². The van der Waals surface area contributed by atoms with E-state index in [2.05, 4.69) is 55.1 Å². The van der Waals surface area contributed by atoms with Gasteiger partial charge in [-0.1, -0.05) is 135 Å². The molecule has 9 heteroatoms. The van der Waals surface area contributed by atoms with E-state index in [0.29, 0.717) is 44.9 Å². The third kappa shape index (κ3) is 25.5. The molecule has 59 heavy (non-hydrogen) atoms. The number of carbonyl (C=O) groups excluding carboxylic acids is 3. The van der Waals surface area contributed by atoms with Crippen molar-refractivity contribution in [2.75, 3.05) is 66.6 Å². The molecule has 0 aromatic heterocycles. The minimum Gasteiger partial charge on any atom is -0.497 e. The van der Waals surface area contributed by atoms with Gasteiger partial charge in [0.05, 0.1) is 13.7 Å². The second-order valence-electron chi connectivity index (χ2n) is 17.2. The van der Waals surface area contributed by atoms with Crippen molar-refractivity contribution in [3.63, 3.8) is 0 Å². The number of hydrogen-bond acceptors (Lipinski definition) is 7. The SMILES string of the molecule is CCCC/C=C\CCCCCCCCCC(C(=O)NCCc1ccc(OC)cc1)N(CCN1CCN(C)CC1)C(=O)CCCCCCCC(=O)OCC(CC)CCCC. The molecule has 1 aromatic carbocycles. The lowest BCUT2D eigenvalue weighted by molar-refractivity contribution is -0.145. The van der Waals surface area contributed by atoms with E-state index in [1.54, 1.807) is 7.11 Å². The largest absolute Gasteiger partial charge is 0.497 e. The Morgan fingerprint density at radius 3 is 2.00 bits per heavy atom. The molecule has 9 nitrogen and oxygen atoms in total. The number of ether oxygens (including phenoxy) is 2. The number of carbonyl (C=O) groups is 3. The lowest BCUT2D eigenvalue weighted by Crippen LogP contribution is -2.53. The number of piperazine rings is 1. The molecule has 1 fully saturated rings. The van der Waals surface area contributed by atoms with E-state index in [4.69, 9.17) is 9.47 Å². The average molecular weight is 825 g/mol.